The van der Waals surface area contributed by atoms with Crippen LogP contribution in [0.25, 0.3) is 0 Å². The van der Waals surface area contributed by atoms with Crippen molar-refractivity contribution in [2.24, 2.45) is 5.14 Å². The second-order valence-electron chi connectivity index (χ2n) is 3.33. The molecule has 0 aliphatic rings. The summed E-state index contributed by atoms with van der Waals surface area (Å²) in [5.74, 6) is 0. The standard InChI is InChI=1S/C9H14N2O2S/c1-6-4-5-9(8(3)7(6)2)11-14(10,12)13/h4-5,11H,1-3H3,(H2,10,12,13). The third-order valence-electron chi connectivity index (χ3n) is 2.31. The Morgan fingerprint density at radius 2 is 1.71 bits per heavy atom. The maximum absolute atomic E-state index is 10.8. The normalized spacial score (nSPS) is 11.4. The van der Waals surface area contributed by atoms with Crippen LogP contribution in [0, 0.1) is 20.8 Å². The molecule has 0 aromatic heterocycles. The first kappa shape index (κ1) is 11.0. The molecule has 0 atom stereocenters. The largest absolute Gasteiger partial charge is 0.296 e. The molecule has 0 aliphatic heterocycles. The fraction of sp³-hybridized carbons (Fsp3) is 0.333. The number of aryl methyl sites for hydroxylation is 1. The van der Waals surface area contributed by atoms with E-state index in [1.807, 2.05) is 26.8 Å². The number of nitrogens with one attached hydrogen (secondary N) is 1. The SMILES string of the molecule is Cc1ccc(NS(N)(=O)=O)c(C)c1C. The molecule has 0 heterocycles. The van der Waals surface area contributed by atoms with E-state index >= 15 is 0 Å². The molecule has 0 unspecified atom stereocenters. The van der Waals surface area contributed by atoms with Crippen LogP contribution in [-0.4, -0.2) is 8.42 Å². The van der Waals surface area contributed by atoms with Gasteiger partial charge in [0.25, 0.3) is 10.2 Å². The highest BCUT2D eigenvalue weighted by molar-refractivity contribution is 7.90. The Morgan fingerprint density at radius 3 is 2.21 bits per heavy atom. The van der Waals surface area contributed by atoms with E-state index in [4.69, 9.17) is 5.14 Å². The molecule has 0 bridgehead atoms. The fourth-order valence-electron chi connectivity index (χ4n) is 1.22. The minimum Gasteiger partial charge on any atom is -0.271 e. The first-order valence-electron chi connectivity index (χ1n) is 4.18. The molecule has 0 fully saturated rings. The molecule has 1 aromatic rings. The van der Waals surface area contributed by atoms with Crippen LogP contribution in [0.2, 0.25) is 0 Å². The quantitative estimate of drug-likeness (QED) is 0.777. The minimum absolute atomic E-state index is 0.538. The van der Waals surface area contributed by atoms with Gasteiger partial charge >= 0.3 is 0 Å². The Morgan fingerprint density at radius 1 is 1.14 bits per heavy atom. The van der Waals surface area contributed by atoms with E-state index in [1.165, 1.54) is 0 Å². The van der Waals surface area contributed by atoms with Gasteiger partial charge in [0.2, 0.25) is 0 Å². The Hall–Kier alpha value is -1.07. The lowest BCUT2D eigenvalue weighted by molar-refractivity contribution is 0.603. The number of benzene rings is 1. The van der Waals surface area contributed by atoms with E-state index in [2.05, 4.69) is 4.72 Å². The predicted octanol–water partition coefficient (Wildman–Crippen LogP) is 1.23. The second-order valence-corrected chi connectivity index (χ2v) is 4.62. The fourth-order valence-corrected chi connectivity index (χ4v) is 1.75. The van der Waals surface area contributed by atoms with Crippen LogP contribution in [0.3, 0.4) is 0 Å². The number of nitrogens with two attached hydrogens (primary N) is 1. The summed E-state index contributed by atoms with van der Waals surface area (Å²) >= 11 is 0. The summed E-state index contributed by atoms with van der Waals surface area (Å²) < 4.78 is 23.9. The maximum atomic E-state index is 10.8. The van der Waals surface area contributed by atoms with Crippen LogP contribution in [0.15, 0.2) is 12.1 Å². The van der Waals surface area contributed by atoms with E-state index in [0.29, 0.717) is 5.69 Å². The van der Waals surface area contributed by atoms with Gasteiger partial charge in [-0.15, -0.1) is 0 Å². The van der Waals surface area contributed by atoms with Crippen molar-refractivity contribution in [3.63, 3.8) is 0 Å². The summed E-state index contributed by atoms with van der Waals surface area (Å²) in [6.45, 7) is 5.78. The van der Waals surface area contributed by atoms with E-state index < -0.39 is 10.2 Å². The molecular weight excluding hydrogens is 200 g/mol. The maximum Gasteiger partial charge on any atom is 0.296 e. The van der Waals surface area contributed by atoms with Gasteiger partial charge in [0.15, 0.2) is 0 Å². The molecule has 1 rings (SSSR count). The van der Waals surface area contributed by atoms with Gasteiger partial charge in [-0.25, -0.2) is 5.14 Å². The lowest BCUT2D eigenvalue weighted by Gasteiger charge is -2.11. The Balaban J connectivity index is 3.19. The summed E-state index contributed by atoms with van der Waals surface area (Å²) in [6, 6.07) is 3.57. The van der Waals surface area contributed by atoms with Crippen molar-refractivity contribution in [3.8, 4) is 0 Å². The molecule has 0 saturated carbocycles. The van der Waals surface area contributed by atoms with Gasteiger partial charge in [0, 0.05) is 0 Å². The summed E-state index contributed by atoms with van der Waals surface area (Å²) in [6.07, 6.45) is 0. The summed E-state index contributed by atoms with van der Waals surface area (Å²) in [5, 5.41) is 4.89. The smallest absolute Gasteiger partial charge is 0.271 e. The number of hydrogen-bond donors (Lipinski definition) is 2. The van der Waals surface area contributed by atoms with Crippen molar-refractivity contribution in [1.82, 2.24) is 0 Å². The molecular formula is C9H14N2O2S. The highest BCUT2D eigenvalue weighted by Gasteiger charge is 2.07. The van der Waals surface area contributed by atoms with Crippen LogP contribution in [-0.2, 0) is 10.2 Å². The van der Waals surface area contributed by atoms with Crippen LogP contribution in [0.5, 0.6) is 0 Å². The average Bonchev–Trinajstić information content (AvgIpc) is 2.04. The molecule has 78 valence electrons. The Kier molecular flexibility index (Phi) is 2.82. The molecule has 1 aromatic carbocycles. The topological polar surface area (TPSA) is 72.2 Å². The van der Waals surface area contributed by atoms with Gasteiger partial charge in [0.05, 0.1) is 5.69 Å². The van der Waals surface area contributed by atoms with E-state index in [1.54, 1.807) is 6.07 Å². The van der Waals surface area contributed by atoms with Crippen LogP contribution in [0.4, 0.5) is 5.69 Å². The van der Waals surface area contributed by atoms with Gasteiger partial charge < -0.3 is 0 Å². The highest BCUT2D eigenvalue weighted by atomic mass is 32.2. The lowest BCUT2D eigenvalue weighted by Crippen LogP contribution is -2.22. The average molecular weight is 214 g/mol. The second kappa shape index (κ2) is 3.59. The van der Waals surface area contributed by atoms with Gasteiger partial charge in [-0.05, 0) is 43.5 Å². The Bertz CT molecular complexity index is 452. The summed E-state index contributed by atoms with van der Waals surface area (Å²) in [4.78, 5) is 0. The molecule has 0 aliphatic carbocycles. The van der Waals surface area contributed by atoms with Crippen molar-refractivity contribution in [1.29, 1.82) is 0 Å². The summed E-state index contributed by atoms with van der Waals surface area (Å²) in [5.41, 5.74) is 3.63. The third-order valence-corrected chi connectivity index (χ3v) is 2.81. The zero-order valence-electron chi connectivity index (χ0n) is 8.46. The van der Waals surface area contributed by atoms with Crippen LogP contribution in [0.1, 0.15) is 16.7 Å². The lowest BCUT2D eigenvalue weighted by atomic mass is 10.0. The van der Waals surface area contributed by atoms with E-state index in [0.717, 1.165) is 16.7 Å². The molecule has 4 nitrogen and oxygen atoms in total. The number of hydrogen-bond acceptors (Lipinski definition) is 2. The molecule has 0 amide bonds. The highest BCUT2D eigenvalue weighted by Crippen LogP contribution is 2.21. The van der Waals surface area contributed by atoms with Crippen molar-refractivity contribution in [2.75, 3.05) is 4.72 Å². The van der Waals surface area contributed by atoms with Crippen molar-refractivity contribution in [3.05, 3.63) is 28.8 Å². The zero-order valence-corrected chi connectivity index (χ0v) is 9.27. The third kappa shape index (κ3) is 2.46. The van der Waals surface area contributed by atoms with Crippen LogP contribution < -0.4 is 9.86 Å². The van der Waals surface area contributed by atoms with Gasteiger partial charge in [-0.2, -0.15) is 8.42 Å². The van der Waals surface area contributed by atoms with Gasteiger partial charge in [-0.3, -0.25) is 4.72 Å². The molecule has 0 radical (unpaired) electrons. The molecule has 5 heteroatoms. The minimum atomic E-state index is -3.68. The number of rotatable bonds is 2. The first-order chi connectivity index (χ1) is 6.31. The van der Waals surface area contributed by atoms with E-state index in [9.17, 15) is 8.42 Å². The van der Waals surface area contributed by atoms with Crippen molar-refractivity contribution in [2.45, 2.75) is 20.8 Å². The monoisotopic (exact) mass is 214 g/mol. The number of anilines is 1. The molecule has 14 heavy (non-hydrogen) atoms. The van der Waals surface area contributed by atoms with Gasteiger partial charge in [-0.1, -0.05) is 6.07 Å². The summed E-state index contributed by atoms with van der Waals surface area (Å²) in [7, 11) is -3.68. The molecule has 3 N–H and O–H groups in total. The van der Waals surface area contributed by atoms with Crippen molar-refractivity contribution < 1.29 is 8.42 Å². The zero-order chi connectivity index (χ0) is 10.9. The van der Waals surface area contributed by atoms with Gasteiger partial charge in [0.1, 0.15) is 0 Å². The predicted molar refractivity (Wildman–Crippen MR) is 57.4 cm³/mol. The van der Waals surface area contributed by atoms with Crippen molar-refractivity contribution >= 4 is 15.9 Å². The van der Waals surface area contributed by atoms with E-state index in [-0.39, 0.29) is 0 Å². The van der Waals surface area contributed by atoms with Crippen LogP contribution >= 0.6 is 0 Å². The Labute approximate surface area is 84.3 Å². The molecule has 0 saturated heterocycles. The first-order valence-corrected chi connectivity index (χ1v) is 5.73. The molecule has 0 spiro atoms.